The number of rotatable bonds is 2. The van der Waals surface area contributed by atoms with Gasteiger partial charge in [0.1, 0.15) is 0 Å². The molecule has 0 aromatic heterocycles. The van der Waals surface area contributed by atoms with Crippen LogP contribution in [0.2, 0.25) is 5.02 Å². The molecule has 1 aliphatic rings. The summed E-state index contributed by atoms with van der Waals surface area (Å²) in [6.45, 7) is 5.09. The number of piperidine rings is 1. The number of hydrogen-bond acceptors (Lipinski definition) is 2. The highest BCUT2D eigenvalue weighted by atomic mass is 35.5. The van der Waals surface area contributed by atoms with E-state index in [1.165, 1.54) is 19.3 Å². The molecule has 1 saturated heterocycles. The zero-order valence-electron chi connectivity index (χ0n) is 10.9. The Morgan fingerprint density at radius 2 is 2.11 bits per heavy atom. The minimum Gasteiger partial charge on any atom is -0.389 e. The fraction of sp³-hybridized carbons (Fsp3) is 0.571. The van der Waals surface area contributed by atoms with Crippen molar-refractivity contribution in [1.29, 1.82) is 0 Å². The summed E-state index contributed by atoms with van der Waals surface area (Å²) in [4.78, 5) is 2.37. The summed E-state index contributed by atoms with van der Waals surface area (Å²) >= 11 is 6.32. The van der Waals surface area contributed by atoms with Crippen molar-refractivity contribution in [1.82, 2.24) is 0 Å². The van der Waals surface area contributed by atoms with Gasteiger partial charge in [-0.2, -0.15) is 0 Å². The van der Waals surface area contributed by atoms with Crippen LogP contribution in [0, 0.1) is 0 Å². The van der Waals surface area contributed by atoms with Gasteiger partial charge in [0, 0.05) is 12.6 Å². The summed E-state index contributed by atoms with van der Waals surface area (Å²) in [6, 6.07) is 6.43. The van der Waals surface area contributed by atoms with Gasteiger partial charge in [-0.05, 0) is 50.8 Å². The molecule has 0 radical (unpaired) electrons. The topological polar surface area (TPSA) is 23.5 Å². The van der Waals surface area contributed by atoms with Crippen LogP contribution >= 0.6 is 24.0 Å². The lowest BCUT2D eigenvalue weighted by molar-refractivity contribution is 0.199. The third kappa shape index (κ3) is 3.31. The van der Waals surface area contributed by atoms with E-state index in [0.29, 0.717) is 6.04 Å². The van der Waals surface area contributed by atoms with Crippen molar-refractivity contribution in [2.45, 2.75) is 45.3 Å². The van der Waals surface area contributed by atoms with E-state index in [-0.39, 0.29) is 12.4 Å². The van der Waals surface area contributed by atoms with Crippen molar-refractivity contribution >= 4 is 29.7 Å². The zero-order chi connectivity index (χ0) is 12.4. The van der Waals surface area contributed by atoms with Gasteiger partial charge >= 0.3 is 0 Å². The van der Waals surface area contributed by atoms with Crippen LogP contribution in [0.4, 0.5) is 5.69 Å². The summed E-state index contributed by atoms with van der Waals surface area (Å²) in [7, 11) is 0. The first-order valence-electron chi connectivity index (χ1n) is 6.33. The quantitative estimate of drug-likeness (QED) is 0.882. The van der Waals surface area contributed by atoms with Crippen molar-refractivity contribution in [2.24, 2.45) is 0 Å². The molecule has 2 unspecified atom stereocenters. The molecule has 4 heteroatoms. The Hall–Kier alpha value is -0.440. The summed E-state index contributed by atoms with van der Waals surface area (Å²) in [5.74, 6) is 0. The van der Waals surface area contributed by atoms with Crippen LogP contribution in [-0.4, -0.2) is 17.7 Å². The fourth-order valence-electron chi connectivity index (χ4n) is 2.47. The maximum Gasteiger partial charge on any atom is 0.0762 e. The average molecular weight is 290 g/mol. The third-order valence-electron chi connectivity index (χ3n) is 3.57. The van der Waals surface area contributed by atoms with Gasteiger partial charge in [0.05, 0.1) is 16.8 Å². The lowest BCUT2D eigenvalue weighted by Crippen LogP contribution is -2.37. The Morgan fingerprint density at radius 3 is 2.67 bits per heavy atom. The molecular formula is C14H21Cl2NO. The molecule has 0 aliphatic carbocycles. The van der Waals surface area contributed by atoms with E-state index in [1.54, 1.807) is 6.92 Å². The van der Waals surface area contributed by atoms with E-state index in [1.807, 2.05) is 18.2 Å². The number of hydrogen-bond donors (Lipinski definition) is 1. The van der Waals surface area contributed by atoms with E-state index in [2.05, 4.69) is 11.8 Å². The van der Waals surface area contributed by atoms with Crippen LogP contribution in [-0.2, 0) is 0 Å². The van der Waals surface area contributed by atoms with Crippen molar-refractivity contribution in [2.75, 3.05) is 11.4 Å². The van der Waals surface area contributed by atoms with Crippen LogP contribution in [0.5, 0.6) is 0 Å². The van der Waals surface area contributed by atoms with Crippen molar-refractivity contribution < 1.29 is 5.11 Å². The number of halogens is 2. The van der Waals surface area contributed by atoms with Gasteiger partial charge < -0.3 is 10.0 Å². The smallest absolute Gasteiger partial charge is 0.0762 e. The van der Waals surface area contributed by atoms with E-state index in [4.69, 9.17) is 11.6 Å². The molecule has 1 fully saturated rings. The molecule has 1 heterocycles. The molecule has 18 heavy (non-hydrogen) atoms. The van der Waals surface area contributed by atoms with E-state index >= 15 is 0 Å². The second kappa shape index (κ2) is 6.65. The zero-order valence-corrected chi connectivity index (χ0v) is 12.5. The highest BCUT2D eigenvalue weighted by molar-refractivity contribution is 6.33. The molecule has 1 aromatic carbocycles. The van der Waals surface area contributed by atoms with Gasteiger partial charge in [-0.1, -0.05) is 17.7 Å². The molecule has 2 nitrogen and oxygen atoms in total. The molecule has 1 aromatic rings. The summed E-state index contributed by atoms with van der Waals surface area (Å²) in [6.07, 6.45) is 3.31. The monoisotopic (exact) mass is 289 g/mol. The number of aliphatic hydroxyl groups is 1. The van der Waals surface area contributed by atoms with Crippen LogP contribution in [0.25, 0.3) is 0 Å². The Bertz CT molecular complexity index is 395. The SMILES string of the molecule is CC(O)c1ccc(N2CCCCC2C)c(Cl)c1.Cl. The normalized spacial score (nSPS) is 21.3. The first-order chi connectivity index (χ1) is 8.09. The van der Waals surface area contributed by atoms with Crippen molar-refractivity contribution in [3.63, 3.8) is 0 Å². The number of aliphatic hydroxyl groups excluding tert-OH is 1. The van der Waals surface area contributed by atoms with Crippen LogP contribution in [0.1, 0.15) is 44.8 Å². The molecule has 1 aliphatic heterocycles. The lowest BCUT2D eigenvalue weighted by atomic mass is 10.0. The predicted octanol–water partition coefficient (Wildman–Crippen LogP) is 4.19. The van der Waals surface area contributed by atoms with Gasteiger partial charge in [-0.15, -0.1) is 12.4 Å². The minimum atomic E-state index is -0.458. The lowest BCUT2D eigenvalue weighted by Gasteiger charge is -2.36. The minimum absolute atomic E-state index is 0. The highest BCUT2D eigenvalue weighted by Crippen LogP contribution is 2.32. The molecule has 1 N–H and O–H groups in total. The summed E-state index contributed by atoms with van der Waals surface area (Å²) in [5.41, 5.74) is 1.98. The molecular weight excluding hydrogens is 269 g/mol. The molecule has 0 amide bonds. The summed E-state index contributed by atoms with van der Waals surface area (Å²) in [5, 5.41) is 10.3. The van der Waals surface area contributed by atoms with Gasteiger partial charge in [0.25, 0.3) is 0 Å². The molecule has 102 valence electrons. The second-order valence-electron chi connectivity index (χ2n) is 4.93. The maximum atomic E-state index is 9.53. The summed E-state index contributed by atoms with van der Waals surface area (Å²) < 4.78 is 0. The Kier molecular flexibility index (Phi) is 5.77. The molecule has 2 rings (SSSR count). The fourth-order valence-corrected chi connectivity index (χ4v) is 2.77. The van der Waals surface area contributed by atoms with E-state index in [9.17, 15) is 5.11 Å². The van der Waals surface area contributed by atoms with E-state index in [0.717, 1.165) is 22.8 Å². The standard InChI is InChI=1S/C14H20ClNO.ClH/c1-10-5-3-4-8-16(10)14-7-6-12(11(2)17)9-13(14)15;/h6-7,9-11,17H,3-5,8H2,1-2H3;1H. The van der Waals surface area contributed by atoms with Gasteiger partial charge in [-0.25, -0.2) is 0 Å². The Morgan fingerprint density at radius 1 is 1.39 bits per heavy atom. The largest absolute Gasteiger partial charge is 0.389 e. The molecule has 0 spiro atoms. The third-order valence-corrected chi connectivity index (χ3v) is 3.87. The Labute approximate surface area is 120 Å². The van der Waals surface area contributed by atoms with E-state index < -0.39 is 6.10 Å². The molecule has 0 bridgehead atoms. The first-order valence-corrected chi connectivity index (χ1v) is 6.71. The average Bonchev–Trinajstić information content (AvgIpc) is 2.30. The second-order valence-corrected chi connectivity index (χ2v) is 5.33. The van der Waals surface area contributed by atoms with Gasteiger partial charge in [0.15, 0.2) is 0 Å². The maximum absolute atomic E-state index is 9.53. The number of nitrogens with zero attached hydrogens (tertiary/aromatic N) is 1. The highest BCUT2D eigenvalue weighted by Gasteiger charge is 2.20. The molecule has 2 atom stereocenters. The Balaban J connectivity index is 0.00000162. The van der Waals surface area contributed by atoms with Gasteiger partial charge in [-0.3, -0.25) is 0 Å². The van der Waals surface area contributed by atoms with Crippen molar-refractivity contribution in [3.05, 3.63) is 28.8 Å². The van der Waals surface area contributed by atoms with Crippen LogP contribution in [0.15, 0.2) is 18.2 Å². The van der Waals surface area contributed by atoms with Crippen LogP contribution < -0.4 is 4.90 Å². The number of benzene rings is 1. The number of anilines is 1. The van der Waals surface area contributed by atoms with Gasteiger partial charge in [0.2, 0.25) is 0 Å². The predicted molar refractivity (Wildman–Crippen MR) is 80.0 cm³/mol. The molecule has 0 saturated carbocycles. The van der Waals surface area contributed by atoms with Crippen LogP contribution in [0.3, 0.4) is 0 Å². The van der Waals surface area contributed by atoms with Crippen molar-refractivity contribution in [3.8, 4) is 0 Å². The first kappa shape index (κ1) is 15.6.